The first kappa shape index (κ1) is 37.5. The van der Waals surface area contributed by atoms with E-state index in [1.807, 2.05) is 0 Å². The first-order valence-electron chi connectivity index (χ1n) is 14.8. The smallest absolute Gasteiger partial charge is 0.0110 e. The maximum atomic E-state index is 3.09. The van der Waals surface area contributed by atoms with Crippen molar-refractivity contribution in [2.45, 2.75) is 132 Å². The van der Waals surface area contributed by atoms with Crippen LogP contribution in [0.2, 0.25) is 0 Å². The molecular formula is C32H64N2. The molecule has 2 heteroatoms. The Morgan fingerprint density at radius 2 is 0.912 bits per heavy atom. The summed E-state index contributed by atoms with van der Waals surface area (Å²) in [4.78, 5) is 5.08. The first-order chi connectivity index (χ1) is 16.6. The predicted octanol–water partition coefficient (Wildman–Crippen LogP) is 9.52. The lowest BCUT2D eigenvalue weighted by Crippen LogP contribution is -2.46. The molecule has 0 amide bonds. The van der Waals surface area contributed by atoms with E-state index in [4.69, 9.17) is 0 Å². The molecule has 1 aliphatic heterocycles. The van der Waals surface area contributed by atoms with Gasteiger partial charge in [0.25, 0.3) is 0 Å². The fourth-order valence-electron chi connectivity index (χ4n) is 3.09. The summed E-state index contributed by atoms with van der Waals surface area (Å²) in [6, 6.07) is 0. The number of rotatable bonds is 12. The summed E-state index contributed by atoms with van der Waals surface area (Å²) in [5.74, 6) is 6.17. The van der Waals surface area contributed by atoms with E-state index in [1.54, 1.807) is 0 Å². The summed E-state index contributed by atoms with van der Waals surface area (Å²) in [6.45, 7) is 25.2. The molecule has 0 aliphatic carbocycles. The van der Waals surface area contributed by atoms with Crippen LogP contribution in [0.4, 0.5) is 0 Å². The van der Waals surface area contributed by atoms with Crippen molar-refractivity contribution >= 4 is 0 Å². The third-order valence-corrected chi connectivity index (χ3v) is 5.26. The Hall–Kier alpha value is -1.04. The van der Waals surface area contributed by atoms with Gasteiger partial charge in [-0.25, -0.2) is 0 Å². The number of piperazine rings is 1. The van der Waals surface area contributed by atoms with Crippen molar-refractivity contribution in [1.82, 2.24) is 9.80 Å². The van der Waals surface area contributed by atoms with E-state index in [1.165, 1.54) is 103 Å². The standard InChI is InChI=1S/C9H20N2.C8H16.C8H14.C7H14/c1-3-5-11-8-6-10(4-2)7-9-11;2*1-3-5-7-8-6-4-2;1-3-5-7-6-4-2/h3-9H2,1-2H3;7-8H,3-6H2,1-2H3;3-6H2,1-2H3;5,7H,3-4,6H2,1-2H3/b;8-7+;;7-5-. The van der Waals surface area contributed by atoms with Gasteiger partial charge in [-0.05, 0) is 58.0 Å². The summed E-state index contributed by atoms with van der Waals surface area (Å²) >= 11 is 0. The fourth-order valence-corrected chi connectivity index (χ4v) is 3.09. The van der Waals surface area contributed by atoms with Crippen molar-refractivity contribution in [1.29, 1.82) is 0 Å². The zero-order chi connectivity index (χ0) is 26.1. The molecule has 0 radical (unpaired) electrons. The van der Waals surface area contributed by atoms with E-state index >= 15 is 0 Å². The van der Waals surface area contributed by atoms with Crippen molar-refractivity contribution in [3.63, 3.8) is 0 Å². The van der Waals surface area contributed by atoms with E-state index < -0.39 is 0 Å². The highest BCUT2D eigenvalue weighted by Crippen LogP contribution is 2.01. The molecule has 202 valence electrons. The maximum absolute atomic E-state index is 3.09. The van der Waals surface area contributed by atoms with Crippen LogP contribution >= 0.6 is 0 Å². The number of hydrogen-bond acceptors (Lipinski definition) is 2. The van der Waals surface area contributed by atoms with Gasteiger partial charge >= 0.3 is 0 Å². The topological polar surface area (TPSA) is 6.48 Å². The van der Waals surface area contributed by atoms with E-state index in [-0.39, 0.29) is 0 Å². The lowest BCUT2D eigenvalue weighted by atomic mass is 10.2. The minimum absolute atomic E-state index is 1.07. The SMILES string of the molecule is CC/C=C\CCC.CCC/C=C/CCC.CCCC#CCCC.CCCN1CCN(CC)CC1. The van der Waals surface area contributed by atoms with Crippen molar-refractivity contribution in [3.05, 3.63) is 24.3 Å². The van der Waals surface area contributed by atoms with Gasteiger partial charge in [0.05, 0.1) is 0 Å². The molecule has 0 atom stereocenters. The van der Waals surface area contributed by atoms with Gasteiger partial charge in [0, 0.05) is 39.0 Å². The average molecular weight is 477 g/mol. The Morgan fingerprint density at radius 1 is 0.500 bits per heavy atom. The zero-order valence-electron chi connectivity index (χ0n) is 24.9. The molecule has 0 aromatic heterocycles. The summed E-state index contributed by atoms with van der Waals surface area (Å²) in [5, 5.41) is 0. The van der Waals surface area contributed by atoms with Crippen LogP contribution in [0.3, 0.4) is 0 Å². The van der Waals surface area contributed by atoms with Gasteiger partial charge in [0.2, 0.25) is 0 Å². The lowest BCUT2D eigenvalue weighted by Gasteiger charge is -2.33. The first-order valence-corrected chi connectivity index (χ1v) is 14.8. The van der Waals surface area contributed by atoms with Crippen molar-refractivity contribution in [2.75, 3.05) is 39.3 Å². The van der Waals surface area contributed by atoms with Crippen molar-refractivity contribution in [3.8, 4) is 11.8 Å². The molecule has 1 heterocycles. The predicted molar refractivity (Wildman–Crippen MR) is 160 cm³/mol. The van der Waals surface area contributed by atoms with Gasteiger partial charge in [0.1, 0.15) is 0 Å². The summed E-state index contributed by atoms with van der Waals surface area (Å²) < 4.78 is 0. The summed E-state index contributed by atoms with van der Waals surface area (Å²) in [5.41, 5.74) is 0. The van der Waals surface area contributed by atoms with E-state index in [2.05, 4.69) is 101 Å². The molecule has 0 aromatic rings. The van der Waals surface area contributed by atoms with Crippen LogP contribution in [0.1, 0.15) is 132 Å². The van der Waals surface area contributed by atoms with Crippen LogP contribution in [0.25, 0.3) is 0 Å². The van der Waals surface area contributed by atoms with E-state index in [0.717, 1.165) is 12.8 Å². The third kappa shape index (κ3) is 35.5. The Labute approximate surface area is 217 Å². The molecule has 0 unspecified atom stereocenters. The highest BCUT2D eigenvalue weighted by atomic mass is 15.3. The van der Waals surface area contributed by atoms with Gasteiger partial charge < -0.3 is 9.80 Å². The number of nitrogens with zero attached hydrogens (tertiary/aromatic N) is 2. The van der Waals surface area contributed by atoms with Crippen molar-refractivity contribution < 1.29 is 0 Å². The Morgan fingerprint density at radius 3 is 1.24 bits per heavy atom. The zero-order valence-corrected chi connectivity index (χ0v) is 24.9. The number of unbranched alkanes of at least 4 members (excludes halogenated alkanes) is 5. The molecule has 0 N–H and O–H groups in total. The average Bonchev–Trinajstić information content (AvgIpc) is 2.87. The Kier molecular flexibility index (Phi) is 40.3. The quantitative estimate of drug-likeness (QED) is 0.204. The molecule has 0 saturated carbocycles. The highest BCUT2D eigenvalue weighted by Gasteiger charge is 2.13. The summed E-state index contributed by atoms with van der Waals surface area (Å²) in [6.07, 6.45) is 23.6. The molecule has 1 saturated heterocycles. The van der Waals surface area contributed by atoms with Crippen LogP contribution in [-0.2, 0) is 0 Å². The lowest BCUT2D eigenvalue weighted by molar-refractivity contribution is 0.137. The number of hydrogen-bond donors (Lipinski definition) is 0. The van der Waals surface area contributed by atoms with Gasteiger partial charge in [-0.2, -0.15) is 0 Å². The molecular weight excluding hydrogens is 412 g/mol. The second kappa shape index (κ2) is 36.5. The van der Waals surface area contributed by atoms with E-state index in [9.17, 15) is 0 Å². The summed E-state index contributed by atoms with van der Waals surface area (Å²) in [7, 11) is 0. The van der Waals surface area contributed by atoms with Crippen LogP contribution < -0.4 is 0 Å². The molecule has 1 fully saturated rings. The fraction of sp³-hybridized carbons (Fsp3) is 0.812. The van der Waals surface area contributed by atoms with Gasteiger partial charge in [-0.1, -0.05) is 99.0 Å². The van der Waals surface area contributed by atoms with Crippen LogP contribution in [-0.4, -0.2) is 49.1 Å². The van der Waals surface area contributed by atoms with Gasteiger partial charge in [-0.15, -0.1) is 11.8 Å². The molecule has 2 nitrogen and oxygen atoms in total. The molecule has 1 aliphatic rings. The van der Waals surface area contributed by atoms with Crippen LogP contribution in [0.15, 0.2) is 24.3 Å². The molecule has 1 rings (SSSR count). The molecule has 0 bridgehead atoms. The third-order valence-electron chi connectivity index (χ3n) is 5.26. The second-order valence-corrected chi connectivity index (χ2v) is 8.85. The Bertz CT molecular complexity index is 429. The molecule has 0 aromatic carbocycles. The largest absolute Gasteiger partial charge is 0.301 e. The number of allylic oxidation sites excluding steroid dienone is 4. The van der Waals surface area contributed by atoms with Crippen LogP contribution in [0.5, 0.6) is 0 Å². The minimum Gasteiger partial charge on any atom is -0.301 e. The Balaban J connectivity index is -0.000000384. The van der Waals surface area contributed by atoms with Gasteiger partial charge in [-0.3, -0.25) is 0 Å². The number of likely N-dealkylation sites (N-methyl/N-ethyl adjacent to an activating group) is 1. The molecule has 0 spiro atoms. The van der Waals surface area contributed by atoms with Gasteiger partial charge in [0.15, 0.2) is 0 Å². The highest BCUT2D eigenvalue weighted by molar-refractivity contribution is 4.97. The monoisotopic (exact) mass is 477 g/mol. The van der Waals surface area contributed by atoms with Crippen LogP contribution in [0, 0.1) is 11.8 Å². The normalized spacial score (nSPS) is 13.8. The minimum atomic E-state index is 1.07. The van der Waals surface area contributed by atoms with Crippen molar-refractivity contribution in [2.24, 2.45) is 0 Å². The van der Waals surface area contributed by atoms with E-state index in [0.29, 0.717) is 0 Å². The maximum Gasteiger partial charge on any atom is 0.0110 e. The second-order valence-electron chi connectivity index (χ2n) is 8.85. The molecule has 34 heavy (non-hydrogen) atoms.